The third-order valence-corrected chi connectivity index (χ3v) is 4.01. The van der Waals surface area contributed by atoms with Gasteiger partial charge in [-0.2, -0.15) is 0 Å². The van der Waals surface area contributed by atoms with Gasteiger partial charge in [0.15, 0.2) is 0 Å². The van der Waals surface area contributed by atoms with E-state index in [4.69, 9.17) is 10.6 Å². The van der Waals surface area contributed by atoms with Gasteiger partial charge in [-0.05, 0) is 42.7 Å². The highest BCUT2D eigenvalue weighted by Crippen LogP contribution is 2.32. The fraction of sp³-hybridized carbons (Fsp3) is 0.636. The SMILES string of the molecule is Cc1sccc1C(NN)C1CCOCC1. The van der Waals surface area contributed by atoms with Crippen molar-refractivity contribution in [1.29, 1.82) is 0 Å². The molecule has 0 aromatic carbocycles. The second-order valence-electron chi connectivity index (χ2n) is 4.03. The summed E-state index contributed by atoms with van der Waals surface area (Å²) in [4.78, 5) is 1.37. The number of hydrogen-bond donors (Lipinski definition) is 2. The Balaban J connectivity index is 2.12. The molecule has 1 aromatic rings. The van der Waals surface area contributed by atoms with Gasteiger partial charge in [-0.3, -0.25) is 11.3 Å². The van der Waals surface area contributed by atoms with Crippen molar-refractivity contribution in [2.75, 3.05) is 13.2 Å². The van der Waals surface area contributed by atoms with E-state index in [1.807, 2.05) is 0 Å². The summed E-state index contributed by atoms with van der Waals surface area (Å²) in [7, 11) is 0. The van der Waals surface area contributed by atoms with Crippen molar-refractivity contribution in [2.24, 2.45) is 11.8 Å². The minimum Gasteiger partial charge on any atom is -0.381 e. The second-order valence-corrected chi connectivity index (χ2v) is 5.15. The van der Waals surface area contributed by atoms with Crippen molar-refractivity contribution >= 4 is 11.3 Å². The lowest BCUT2D eigenvalue weighted by molar-refractivity contribution is 0.0536. The molecule has 1 fully saturated rings. The number of thiophene rings is 1. The molecule has 1 saturated heterocycles. The van der Waals surface area contributed by atoms with Gasteiger partial charge in [0.05, 0.1) is 6.04 Å². The van der Waals surface area contributed by atoms with Crippen LogP contribution in [0.2, 0.25) is 0 Å². The fourth-order valence-electron chi connectivity index (χ4n) is 2.25. The summed E-state index contributed by atoms with van der Waals surface area (Å²) in [6.45, 7) is 3.89. The molecule has 15 heavy (non-hydrogen) atoms. The maximum absolute atomic E-state index is 5.68. The second kappa shape index (κ2) is 5.07. The molecule has 4 heteroatoms. The van der Waals surface area contributed by atoms with E-state index < -0.39 is 0 Å². The zero-order valence-corrected chi connectivity index (χ0v) is 9.85. The Labute approximate surface area is 94.6 Å². The topological polar surface area (TPSA) is 47.3 Å². The Kier molecular flexibility index (Phi) is 3.75. The van der Waals surface area contributed by atoms with Gasteiger partial charge in [-0.1, -0.05) is 0 Å². The number of rotatable bonds is 3. The zero-order valence-electron chi connectivity index (χ0n) is 9.03. The number of hydrazine groups is 1. The van der Waals surface area contributed by atoms with Crippen LogP contribution in [-0.2, 0) is 4.74 Å². The van der Waals surface area contributed by atoms with E-state index >= 15 is 0 Å². The lowest BCUT2D eigenvalue weighted by Crippen LogP contribution is -2.36. The van der Waals surface area contributed by atoms with Gasteiger partial charge >= 0.3 is 0 Å². The van der Waals surface area contributed by atoms with Crippen LogP contribution in [0, 0.1) is 12.8 Å². The predicted octanol–water partition coefficient (Wildman–Crippen LogP) is 1.99. The Morgan fingerprint density at radius 2 is 2.27 bits per heavy atom. The van der Waals surface area contributed by atoms with Crippen molar-refractivity contribution in [1.82, 2.24) is 5.43 Å². The van der Waals surface area contributed by atoms with Crippen molar-refractivity contribution in [3.05, 3.63) is 21.9 Å². The Bertz CT molecular complexity index is 307. The maximum atomic E-state index is 5.68. The van der Waals surface area contributed by atoms with Crippen molar-refractivity contribution in [2.45, 2.75) is 25.8 Å². The molecule has 3 nitrogen and oxygen atoms in total. The largest absolute Gasteiger partial charge is 0.381 e. The normalized spacial score (nSPS) is 20.4. The van der Waals surface area contributed by atoms with E-state index in [2.05, 4.69) is 23.8 Å². The third kappa shape index (κ3) is 2.39. The van der Waals surface area contributed by atoms with Gasteiger partial charge in [0.2, 0.25) is 0 Å². The molecule has 84 valence electrons. The third-order valence-electron chi connectivity index (χ3n) is 3.15. The Morgan fingerprint density at radius 1 is 1.53 bits per heavy atom. The van der Waals surface area contributed by atoms with Crippen LogP contribution in [0.1, 0.15) is 29.3 Å². The lowest BCUT2D eigenvalue weighted by Gasteiger charge is -2.30. The molecule has 1 aromatic heterocycles. The summed E-state index contributed by atoms with van der Waals surface area (Å²) in [5.74, 6) is 6.29. The van der Waals surface area contributed by atoms with E-state index in [0.717, 1.165) is 26.1 Å². The Hall–Kier alpha value is -0.420. The van der Waals surface area contributed by atoms with Crippen LogP contribution in [-0.4, -0.2) is 13.2 Å². The molecule has 1 unspecified atom stereocenters. The molecule has 1 aliphatic rings. The number of ether oxygens (including phenoxy) is 1. The molecule has 3 N–H and O–H groups in total. The molecule has 0 aliphatic carbocycles. The molecule has 1 atom stereocenters. The molecular formula is C11H18N2OS. The highest BCUT2D eigenvalue weighted by Gasteiger charge is 2.25. The maximum Gasteiger partial charge on any atom is 0.0500 e. The molecule has 0 bridgehead atoms. The summed E-state index contributed by atoms with van der Waals surface area (Å²) >= 11 is 1.79. The van der Waals surface area contributed by atoms with Gasteiger partial charge in [0.1, 0.15) is 0 Å². The Morgan fingerprint density at radius 3 is 2.80 bits per heavy atom. The first kappa shape index (κ1) is 11.1. The minimum atomic E-state index is 0.292. The van der Waals surface area contributed by atoms with Crippen LogP contribution in [0.5, 0.6) is 0 Å². The average molecular weight is 226 g/mol. The highest BCUT2D eigenvalue weighted by molar-refractivity contribution is 7.10. The first-order valence-corrected chi connectivity index (χ1v) is 6.28. The van der Waals surface area contributed by atoms with E-state index in [1.54, 1.807) is 11.3 Å². The number of nitrogens with one attached hydrogen (secondary N) is 1. The van der Waals surface area contributed by atoms with Crippen LogP contribution in [0.4, 0.5) is 0 Å². The van der Waals surface area contributed by atoms with Crippen LogP contribution in [0.25, 0.3) is 0 Å². The molecule has 0 spiro atoms. The molecule has 0 radical (unpaired) electrons. The van der Waals surface area contributed by atoms with Gasteiger partial charge in [0.25, 0.3) is 0 Å². The molecule has 0 amide bonds. The number of hydrogen-bond acceptors (Lipinski definition) is 4. The summed E-state index contributed by atoms with van der Waals surface area (Å²) in [5, 5.41) is 2.13. The standard InChI is InChI=1S/C11H18N2OS/c1-8-10(4-7-15-8)11(13-12)9-2-5-14-6-3-9/h4,7,9,11,13H,2-3,5-6,12H2,1H3. The summed E-state index contributed by atoms with van der Waals surface area (Å²) in [6, 6.07) is 2.47. The molecule has 2 rings (SSSR count). The summed E-state index contributed by atoms with van der Waals surface area (Å²) in [5.41, 5.74) is 4.32. The molecule has 1 aliphatic heterocycles. The van der Waals surface area contributed by atoms with Gasteiger partial charge < -0.3 is 4.74 Å². The quantitative estimate of drug-likeness (QED) is 0.612. The number of nitrogens with two attached hydrogens (primary N) is 1. The molecular weight excluding hydrogens is 208 g/mol. The average Bonchev–Trinajstić information content (AvgIpc) is 2.68. The predicted molar refractivity (Wildman–Crippen MR) is 62.7 cm³/mol. The van der Waals surface area contributed by atoms with Gasteiger partial charge in [-0.15, -0.1) is 11.3 Å². The van der Waals surface area contributed by atoms with E-state index in [0.29, 0.717) is 12.0 Å². The van der Waals surface area contributed by atoms with E-state index in [-0.39, 0.29) is 0 Å². The van der Waals surface area contributed by atoms with E-state index in [9.17, 15) is 0 Å². The van der Waals surface area contributed by atoms with E-state index in [1.165, 1.54) is 10.4 Å². The summed E-state index contributed by atoms with van der Waals surface area (Å²) < 4.78 is 5.38. The van der Waals surface area contributed by atoms with Gasteiger partial charge in [0, 0.05) is 18.1 Å². The zero-order chi connectivity index (χ0) is 10.7. The van der Waals surface area contributed by atoms with Crippen LogP contribution < -0.4 is 11.3 Å². The smallest absolute Gasteiger partial charge is 0.0500 e. The van der Waals surface area contributed by atoms with Crippen LogP contribution in [0.15, 0.2) is 11.4 Å². The van der Waals surface area contributed by atoms with Crippen molar-refractivity contribution in [3.63, 3.8) is 0 Å². The first-order chi connectivity index (χ1) is 7.33. The van der Waals surface area contributed by atoms with Crippen molar-refractivity contribution < 1.29 is 4.74 Å². The minimum absolute atomic E-state index is 0.292. The fourth-order valence-corrected chi connectivity index (χ4v) is 3.00. The lowest BCUT2D eigenvalue weighted by atomic mass is 9.88. The monoisotopic (exact) mass is 226 g/mol. The van der Waals surface area contributed by atoms with Crippen LogP contribution in [0.3, 0.4) is 0 Å². The van der Waals surface area contributed by atoms with Crippen molar-refractivity contribution in [3.8, 4) is 0 Å². The van der Waals surface area contributed by atoms with Crippen LogP contribution >= 0.6 is 11.3 Å². The highest BCUT2D eigenvalue weighted by atomic mass is 32.1. The molecule has 2 heterocycles. The summed E-state index contributed by atoms with van der Waals surface area (Å²) in [6.07, 6.45) is 2.20. The molecule has 0 saturated carbocycles. The number of aryl methyl sites for hydroxylation is 1. The van der Waals surface area contributed by atoms with Gasteiger partial charge in [-0.25, -0.2) is 0 Å². The first-order valence-electron chi connectivity index (χ1n) is 5.41.